The molecule has 1 saturated heterocycles. The maximum atomic E-state index is 5.88. The van der Waals surface area contributed by atoms with Crippen LogP contribution in [0.25, 0.3) is 11.4 Å². The predicted molar refractivity (Wildman–Crippen MR) is 109 cm³/mol. The summed E-state index contributed by atoms with van der Waals surface area (Å²) in [7, 11) is 0. The molecule has 0 amide bonds. The number of aromatic nitrogens is 3. The fourth-order valence-corrected chi connectivity index (χ4v) is 4.51. The molecule has 4 rings (SSSR count). The third-order valence-electron chi connectivity index (χ3n) is 5.35. The van der Waals surface area contributed by atoms with Crippen LogP contribution in [0.15, 0.2) is 28.7 Å². The van der Waals surface area contributed by atoms with E-state index in [1.807, 2.05) is 4.68 Å². The van der Waals surface area contributed by atoms with Gasteiger partial charge in [-0.25, -0.2) is 4.68 Å². The number of morpholine rings is 1. The van der Waals surface area contributed by atoms with E-state index in [-0.39, 0.29) is 0 Å². The maximum Gasteiger partial charge on any atom is 0.199 e. The molecule has 1 aromatic heterocycles. The van der Waals surface area contributed by atoms with E-state index in [1.165, 1.54) is 32.1 Å². The van der Waals surface area contributed by atoms with Gasteiger partial charge in [0, 0.05) is 29.2 Å². The van der Waals surface area contributed by atoms with E-state index in [1.54, 1.807) is 0 Å². The molecular formula is C19H25BrN4OS. The third kappa shape index (κ3) is 3.96. The number of rotatable bonds is 4. The predicted octanol–water partition coefficient (Wildman–Crippen LogP) is 4.64. The lowest BCUT2D eigenvalue weighted by atomic mass is 9.95. The van der Waals surface area contributed by atoms with E-state index >= 15 is 0 Å². The zero-order chi connectivity index (χ0) is 17.9. The summed E-state index contributed by atoms with van der Waals surface area (Å²) in [4.78, 5) is 2.36. The van der Waals surface area contributed by atoms with Crippen LogP contribution in [0.1, 0.15) is 38.1 Å². The lowest BCUT2D eigenvalue weighted by Gasteiger charge is -2.26. The Labute approximate surface area is 168 Å². The van der Waals surface area contributed by atoms with E-state index in [2.05, 4.69) is 49.7 Å². The SMILES string of the molecule is S=c1n(CN2CCOCC2)nc(-c2ccc(Br)cc2)n1C1CCCCC1. The van der Waals surface area contributed by atoms with Crippen LogP contribution in [-0.2, 0) is 11.4 Å². The summed E-state index contributed by atoms with van der Waals surface area (Å²) in [5, 5.41) is 4.96. The van der Waals surface area contributed by atoms with Crippen molar-refractivity contribution in [3.8, 4) is 11.4 Å². The monoisotopic (exact) mass is 436 g/mol. The van der Waals surface area contributed by atoms with Crippen molar-refractivity contribution in [2.24, 2.45) is 0 Å². The van der Waals surface area contributed by atoms with E-state index in [9.17, 15) is 0 Å². The quantitative estimate of drug-likeness (QED) is 0.653. The van der Waals surface area contributed by atoms with Gasteiger partial charge in [0.2, 0.25) is 0 Å². The van der Waals surface area contributed by atoms with Crippen LogP contribution in [0.3, 0.4) is 0 Å². The molecule has 1 aliphatic carbocycles. The topological polar surface area (TPSA) is 35.2 Å². The Hall–Kier alpha value is -1.02. The van der Waals surface area contributed by atoms with Crippen molar-refractivity contribution < 1.29 is 4.74 Å². The fourth-order valence-electron chi connectivity index (χ4n) is 3.91. The first-order chi connectivity index (χ1) is 12.7. The highest BCUT2D eigenvalue weighted by Crippen LogP contribution is 2.33. The molecule has 0 N–H and O–H groups in total. The molecule has 2 heterocycles. The second-order valence-electron chi connectivity index (χ2n) is 7.15. The smallest absolute Gasteiger partial charge is 0.199 e. The van der Waals surface area contributed by atoms with Gasteiger partial charge in [-0.2, -0.15) is 5.10 Å². The van der Waals surface area contributed by atoms with Gasteiger partial charge in [0.25, 0.3) is 0 Å². The van der Waals surface area contributed by atoms with Gasteiger partial charge in [-0.15, -0.1) is 0 Å². The molecule has 0 radical (unpaired) electrons. The van der Waals surface area contributed by atoms with Crippen LogP contribution in [0.5, 0.6) is 0 Å². The highest BCUT2D eigenvalue weighted by Gasteiger charge is 2.23. The molecule has 2 aliphatic rings. The second kappa shape index (κ2) is 8.33. The van der Waals surface area contributed by atoms with E-state index in [0.717, 1.165) is 53.6 Å². The Kier molecular flexibility index (Phi) is 5.88. The van der Waals surface area contributed by atoms with Crippen molar-refractivity contribution in [2.75, 3.05) is 26.3 Å². The van der Waals surface area contributed by atoms with Gasteiger partial charge in [0.05, 0.1) is 19.9 Å². The van der Waals surface area contributed by atoms with Crippen molar-refractivity contribution in [3.63, 3.8) is 0 Å². The Bertz CT molecular complexity index is 789. The molecule has 0 unspecified atom stereocenters. The highest BCUT2D eigenvalue weighted by atomic mass is 79.9. The molecule has 1 aliphatic heterocycles. The van der Waals surface area contributed by atoms with Crippen LogP contribution < -0.4 is 0 Å². The molecule has 7 heteroatoms. The molecule has 2 aromatic rings. The van der Waals surface area contributed by atoms with Crippen molar-refractivity contribution >= 4 is 28.1 Å². The van der Waals surface area contributed by atoms with Gasteiger partial charge in [-0.3, -0.25) is 9.47 Å². The Morgan fingerprint density at radius 3 is 2.46 bits per heavy atom. The number of ether oxygens (including phenoxy) is 1. The maximum absolute atomic E-state index is 5.88. The third-order valence-corrected chi connectivity index (χ3v) is 6.29. The molecule has 26 heavy (non-hydrogen) atoms. The van der Waals surface area contributed by atoms with Gasteiger partial charge in [-0.05, 0) is 37.2 Å². The molecule has 0 spiro atoms. The Morgan fingerprint density at radius 1 is 1.08 bits per heavy atom. The Morgan fingerprint density at radius 2 is 1.77 bits per heavy atom. The average molecular weight is 437 g/mol. The molecule has 1 aromatic carbocycles. The number of nitrogens with zero attached hydrogens (tertiary/aromatic N) is 4. The summed E-state index contributed by atoms with van der Waals surface area (Å²) in [5.41, 5.74) is 1.13. The minimum atomic E-state index is 0.466. The molecule has 140 valence electrons. The lowest BCUT2D eigenvalue weighted by molar-refractivity contribution is 0.0209. The van der Waals surface area contributed by atoms with Crippen LogP contribution >= 0.6 is 28.1 Å². The van der Waals surface area contributed by atoms with Crippen molar-refractivity contribution in [1.82, 2.24) is 19.2 Å². The summed E-state index contributed by atoms with van der Waals surface area (Å²) in [5.74, 6) is 1.00. The summed E-state index contributed by atoms with van der Waals surface area (Å²) in [6, 6.07) is 8.86. The van der Waals surface area contributed by atoms with Gasteiger partial charge >= 0.3 is 0 Å². The largest absolute Gasteiger partial charge is 0.379 e. The van der Waals surface area contributed by atoms with Gasteiger partial charge in [-0.1, -0.05) is 47.3 Å². The molecule has 1 saturated carbocycles. The highest BCUT2D eigenvalue weighted by molar-refractivity contribution is 9.10. The second-order valence-corrected chi connectivity index (χ2v) is 8.43. The Balaban J connectivity index is 1.71. The standard InChI is InChI=1S/C19H25BrN4OS/c20-16-8-6-15(7-9-16)18-21-23(14-22-10-12-25-13-11-22)19(26)24(18)17-4-2-1-3-5-17/h6-9,17H,1-5,10-14H2. The van der Waals surface area contributed by atoms with Crippen LogP contribution in [-0.4, -0.2) is 45.6 Å². The van der Waals surface area contributed by atoms with Gasteiger partial charge in [0.1, 0.15) is 0 Å². The van der Waals surface area contributed by atoms with E-state index in [4.69, 9.17) is 22.1 Å². The van der Waals surface area contributed by atoms with Crippen molar-refractivity contribution in [1.29, 1.82) is 0 Å². The number of hydrogen-bond acceptors (Lipinski definition) is 4. The average Bonchev–Trinajstić information content (AvgIpc) is 3.00. The molecule has 0 atom stereocenters. The minimum absolute atomic E-state index is 0.466. The van der Waals surface area contributed by atoms with Crippen molar-refractivity contribution in [2.45, 2.75) is 44.8 Å². The summed E-state index contributed by atoms with van der Waals surface area (Å²) < 4.78 is 11.7. The fraction of sp³-hybridized carbons (Fsp3) is 0.579. The zero-order valence-electron chi connectivity index (χ0n) is 14.9. The van der Waals surface area contributed by atoms with E-state index < -0.39 is 0 Å². The molecular weight excluding hydrogens is 412 g/mol. The minimum Gasteiger partial charge on any atom is -0.379 e. The van der Waals surface area contributed by atoms with Gasteiger partial charge < -0.3 is 4.74 Å². The van der Waals surface area contributed by atoms with Crippen molar-refractivity contribution in [3.05, 3.63) is 33.5 Å². The normalized spacial score (nSPS) is 19.7. The first kappa shape index (κ1) is 18.3. The molecule has 2 fully saturated rings. The zero-order valence-corrected chi connectivity index (χ0v) is 17.3. The van der Waals surface area contributed by atoms with E-state index in [0.29, 0.717) is 6.04 Å². The number of hydrogen-bond donors (Lipinski definition) is 0. The van der Waals surface area contributed by atoms with Crippen LogP contribution in [0.2, 0.25) is 0 Å². The first-order valence-electron chi connectivity index (χ1n) is 9.48. The first-order valence-corrected chi connectivity index (χ1v) is 10.7. The summed E-state index contributed by atoms with van der Waals surface area (Å²) in [6.07, 6.45) is 6.28. The number of benzene rings is 1. The lowest BCUT2D eigenvalue weighted by Crippen LogP contribution is -2.37. The van der Waals surface area contributed by atoms with Gasteiger partial charge in [0.15, 0.2) is 10.6 Å². The summed E-state index contributed by atoms with van der Waals surface area (Å²) in [6.45, 7) is 4.19. The molecule has 0 bridgehead atoms. The van der Waals surface area contributed by atoms with Crippen LogP contribution in [0, 0.1) is 4.77 Å². The summed E-state index contributed by atoms with van der Waals surface area (Å²) >= 11 is 9.41. The number of halogens is 1. The van der Waals surface area contributed by atoms with Crippen LogP contribution in [0.4, 0.5) is 0 Å². The molecule has 5 nitrogen and oxygen atoms in total.